The lowest BCUT2D eigenvalue weighted by Gasteiger charge is -2.46. The molecule has 2 saturated heterocycles. The van der Waals surface area contributed by atoms with Gasteiger partial charge in [-0.2, -0.15) is 0 Å². The second-order valence-corrected chi connectivity index (χ2v) is 8.13. The molecule has 4 atom stereocenters. The van der Waals surface area contributed by atoms with E-state index in [1.165, 1.54) is 0 Å². The van der Waals surface area contributed by atoms with Gasteiger partial charge in [0.05, 0.1) is 11.7 Å². The van der Waals surface area contributed by atoms with E-state index in [1.807, 2.05) is 36.2 Å². The third-order valence-corrected chi connectivity index (χ3v) is 6.34. The van der Waals surface area contributed by atoms with Gasteiger partial charge in [-0.15, -0.1) is 10.2 Å². The lowest BCUT2D eigenvalue weighted by Crippen LogP contribution is -2.61. The molecule has 2 fully saturated rings. The van der Waals surface area contributed by atoms with Gasteiger partial charge < -0.3 is 15.3 Å². The van der Waals surface area contributed by atoms with Crippen LogP contribution in [0.25, 0.3) is 22.0 Å². The van der Waals surface area contributed by atoms with Crippen LogP contribution in [-0.2, 0) is 0 Å². The highest BCUT2D eigenvalue weighted by atomic mass is 19.1. The summed E-state index contributed by atoms with van der Waals surface area (Å²) in [5.41, 5.74) is 1.18. The molecule has 4 heterocycles. The van der Waals surface area contributed by atoms with E-state index in [4.69, 9.17) is 0 Å². The number of phenols is 1. The molecule has 2 aromatic heterocycles. The zero-order valence-corrected chi connectivity index (χ0v) is 16.3. The fourth-order valence-electron chi connectivity index (χ4n) is 4.71. The topological polar surface area (TPSA) is 74.2 Å². The number of nitrogens with zero attached hydrogens (tertiary/aromatic N) is 4. The fraction of sp³-hybridized carbons (Fsp3) is 0.409. The Bertz CT molecular complexity index is 1030. The summed E-state index contributed by atoms with van der Waals surface area (Å²) >= 11 is 0. The molecule has 0 spiro atoms. The van der Waals surface area contributed by atoms with E-state index in [0.717, 1.165) is 36.5 Å². The van der Waals surface area contributed by atoms with Crippen LogP contribution in [0.4, 0.5) is 10.2 Å². The minimum Gasteiger partial charge on any atom is -0.507 e. The molecule has 7 heteroatoms. The highest BCUT2D eigenvalue weighted by Gasteiger charge is 2.41. The Balaban J connectivity index is 1.41. The van der Waals surface area contributed by atoms with Crippen LogP contribution in [0.1, 0.15) is 25.7 Å². The molecule has 0 radical (unpaired) electrons. The minimum atomic E-state index is -0.921. The minimum absolute atomic E-state index is 0.0645. The molecule has 3 aromatic rings. The number of benzene rings is 1. The van der Waals surface area contributed by atoms with E-state index in [-0.39, 0.29) is 17.8 Å². The predicted octanol–water partition coefficient (Wildman–Crippen LogP) is 3.45. The molecule has 2 bridgehead atoms. The molecule has 150 valence electrons. The number of phenolic OH excluding ortho intramolecular Hbond substituents is 1. The quantitative estimate of drug-likeness (QED) is 0.710. The maximum Gasteiger partial charge on any atom is 0.151 e. The maximum absolute atomic E-state index is 15.0. The molecule has 2 N–H and O–H groups in total. The van der Waals surface area contributed by atoms with Gasteiger partial charge >= 0.3 is 0 Å². The van der Waals surface area contributed by atoms with Crippen molar-refractivity contribution >= 4 is 16.6 Å². The molecule has 6 nitrogen and oxygen atoms in total. The smallest absolute Gasteiger partial charge is 0.151 e. The standard InChI is InChI=1S/C22H24FN5O/c1-28(19-11-15-3-2-4-18(25-15)22(19)23)21-6-5-17(26-27-21)16-9-14-12-24-8-7-13(14)10-20(16)29/h5-10,12,15,18-19,22,25,29H,2-4,11H2,1H3/t15?,18?,19-,22+/m1/s1. The summed E-state index contributed by atoms with van der Waals surface area (Å²) in [6.45, 7) is 0. The molecule has 0 saturated carbocycles. The van der Waals surface area contributed by atoms with Crippen molar-refractivity contribution in [2.24, 2.45) is 0 Å². The van der Waals surface area contributed by atoms with Crippen LogP contribution in [0.2, 0.25) is 0 Å². The van der Waals surface area contributed by atoms with E-state index in [9.17, 15) is 5.11 Å². The third-order valence-electron chi connectivity index (χ3n) is 6.34. The van der Waals surface area contributed by atoms with Crippen LogP contribution < -0.4 is 10.2 Å². The van der Waals surface area contributed by atoms with Gasteiger partial charge in [0.25, 0.3) is 0 Å². The third kappa shape index (κ3) is 3.29. The Hall–Kier alpha value is -2.80. The molecule has 0 amide bonds. The number of hydrogen-bond acceptors (Lipinski definition) is 6. The van der Waals surface area contributed by atoms with Crippen molar-refractivity contribution in [3.63, 3.8) is 0 Å². The van der Waals surface area contributed by atoms with Crippen LogP contribution >= 0.6 is 0 Å². The van der Waals surface area contributed by atoms with Crippen LogP contribution in [0.15, 0.2) is 42.7 Å². The number of aromatic nitrogens is 3. The lowest BCUT2D eigenvalue weighted by molar-refractivity contribution is 0.107. The molecule has 2 aliphatic rings. The number of alkyl halides is 1. The van der Waals surface area contributed by atoms with E-state index >= 15 is 4.39 Å². The normalized spacial score (nSPS) is 26.4. The summed E-state index contributed by atoms with van der Waals surface area (Å²) < 4.78 is 15.0. The predicted molar refractivity (Wildman–Crippen MR) is 111 cm³/mol. The number of halogens is 1. The van der Waals surface area contributed by atoms with Gasteiger partial charge in [0.15, 0.2) is 5.82 Å². The molecule has 1 aromatic carbocycles. The van der Waals surface area contributed by atoms with Gasteiger partial charge in [-0.05, 0) is 55.0 Å². The molecule has 29 heavy (non-hydrogen) atoms. The molecule has 0 aliphatic carbocycles. The van der Waals surface area contributed by atoms with Crippen molar-refractivity contribution in [3.05, 3.63) is 42.7 Å². The summed E-state index contributed by atoms with van der Waals surface area (Å²) in [6.07, 6.45) is 6.39. The van der Waals surface area contributed by atoms with E-state index in [1.54, 1.807) is 18.5 Å². The van der Waals surface area contributed by atoms with Crippen LogP contribution in [0.5, 0.6) is 5.75 Å². The maximum atomic E-state index is 15.0. The van der Waals surface area contributed by atoms with Crippen LogP contribution in [0.3, 0.4) is 0 Å². The number of hydrogen-bond donors (Lipinski definition) is 2. The van der Waals surface area contributed by atoms with Crippen molar-refractivity contribution in [1.82, 2.24) is 20.5 Å². The van der Waals surface area contributed by atoms with E-state index in [2.05, 4.69) is 20.5 Å². The summed E-state index contributed by atoms with van der Waals surface area (Å²) in [4.78, 5) is 6.05. The second-order valence-electron chi connectivity index (χ2n) is 8.13. The largest absolute Gasteiger partial charge is 0.507 e. The number of anilines is 1. The molecular formula is C22H24FN5O. The number of piperidine rings is 2. The lowest BCUT2D eigenvalue weighted by atomic mass is 9.82. The summed E-state index contributed by atoms with van der Waals surface area (Å²) in [7, 11) is 1.89. The first-order valence-corrected chi connectivity index (χ1v) is 10.1. The van der Waals surface area contributed by atoms with Gasteiger partial charge in [-0.1, -0.05) is 6.42 Å². The van der Waals surface area contributed by atoms with Gasteiger partial charge in [-0.25, -0.2) is 4.39 Å². The van der Waals surface area contributed by atoms with Crippen molar-refractivity contribution in [2.75, 3.05) is 11.9 Å². The van der Waals surface area contributed by atoms with Crippen LogP contribution in [-0.4, -0.2) is 51.6 Å². The molecule has 5 rings (SSSR count). The Kier molecular flexibility index (Phi) is 4.54. The summed E-state index contributed by atoms with van der Waals surface area (Å²) in [6, 6.07) is 9.20. The second kappa shape index (κ2) is 7.22. The Morgan fingerprint density at radius 2 is 2.03 bits per heavy atom. The molecule has 2 unspecified atom stereocenters. The average molecular weight is 393 g/mol. The van der Waals surface area contributed by atoms with E-state index < -0.39 is 6.17 Å². The number of fused-ring (bicyclic) bond motifs is 3. The number of pyridine rings is 1. The van der Waals surface area contributed by atoms with Gasteiger partial charge in [0, 0.05) is 42.5 Å². The van der Waals surface area contributed by atoms with Crippen molar-refractivity contribution in [1.29, 1.82) is 0 Å². The van der Waals surface area contributed by atoms with E-state index in [0.29, 0.717) is 23.1 Å². The zero-order chi connectivity index (χ0) is 20.0. The first kappa shape index (κ1) is 18.2. The fourth-order valence-corrected chi connectivity index (χ4v) is 4.71. The van der Waals surface area contributed by atoms with Gasteiger partial charge in [0.2, 0.25) is 0 Å². The Labute approximate surface area is 168 Å². The van der Waals surface area contributed by atoms with Crippen LogP contribution in [0, 0.1) is 0 Å². The highest BCUT2D eigenvalue weighted by molar-refractivity contribution is 5.89. The average Bonchev–Trinajstić information content (AvgIpc) is 2.76. The summed E-state index contributed by atoms with van der Waals surface area (Å²) in [5, 5.41) is 24.3. The first-order valence-electron chi connectivity index (χ1n) is 10.1. The first-order chi connectivity index (χ1) is 14.1. The van der Waals surface area contributed by atoms with Crippen molar-refractivity contribution in [2.45, 2.75) is 50.0 Å². The van der Waals surface area contributed by atoms with Gasteiger partial charge in [-0.3, -0.25) is 4.98 Å². The number of rotatable bonds is 3. The SMILES string of the molecule is CN(c1ccc(-c2cc3cnccc3cc2O)nn1)[C@@H]1CC2CCCC(N2)[C@@H]1F. The molecular weight excluding hydrogens is 369 g/mol. The Morgan fingerprint density at radius 1 is 1.14 bits per heavy atom. The highest BCUT2D eigenvalue weighted by Crippen LogP contribution is 2.34. The number of aromatic hydroxyl groups is 1. The zero-order valence-electron chi connectivity index (χ0n) is 16.3. The Morgan fingerprint density at radius 3 is 2.86 bits per heavy atom. The van der Waals surface area contributed by atoms with Crippen molar-refractivity contribution < 1.29 is 9.50 Å². The number of nitrogens with one attached hydrogen (secondary N) is 1. The summed E-state index contributed by atoms with van der Waals surface area (Å²) in [5.74, 6) is 0.789. The molecule has 2 aliphatic heterocycles. The van der Waals surface area contributed by atoms with Crippen molar-refractivity contribution in [3.8, 4) is 17.0 Å². The van der Waals surface area contributed by atoms with Gasteiger partial charge in [0.1, 0.15) is 11.9 Å². The monoisotopic (exact) mass is 393 g/mol.